The van der Waals surface area contributed by atoms with Gasteiger partial charge in [-0.2, -0.15) is 5.10 Å². The summed E-state index contributed by atoms with van der Waals surface area (Å²) in [5.74, 6) is 0.650. The van der Waals surface area contributed by atoms with Gasteiger partial charge in [-0.3, -0.25) is 4.68 Å². The van der Waals surface area contributed by atoms with Crippen molar-refractivity contribution in [1.29, 1.82) is 0 Å². The summed E-state index contributed by atoms with van der Waals surface area (Å²) in [6, 6.07) is 11.4. The summed E-state index contributed by atoms with van der Waals surface area (Å²) in [6.07, 6.45) is 6.92. The standard InChI is InChI=1S/C20H24BrN5O2S2/c1-26-18(19(29-2)14-24-26)13-25-30(27,28)16-9-10-20(23-12-16)22-11-5-7-15-6-3-4-8-17(15)21/h3-4,6,8-10,12,14,25H,5,7,11,13H2,1-2H3,(H,22,23). The van der Waals surface area contributed by atoms with E-state index < -0.39 is 10.0 Å². The largest absolute Gasteiger partial charge is 0.370 e. The van der Waals surface area contributed by atoms with E-state index in [9.17, 15) is 8.42 Å². The average Bonchev–Trinajstić information content (AvgIpc) is 3.11. The van der Waals surface area contributed by atoms with Gasteiger partial charge in [0.05, 0.1) is 18.4 Å². The fourth-order valence-corrected chi connectivity index (χ4v) is 4.91. The van der Waals surface area contributed by atoms with Crippen LogP contribution in [0.4, 0.5) is 5.82 Å². The van der Waals surface area contributed by atoms with Gasteiger partial charge in [-0.05, 0) is 42.9 Å². The second-order valence-corrected chi connectivity index (χ2v) is 10.1. The van der Waals surface area contributed by atoms with Gasteiger partial charge in [-0.1, -0.05) is 34.1 Å². The lowest BCUT2D eigenvalue weighted by molar-refractivity contribution is 0.576. The number of anilines is 1. The molecule has 160 valence electrons. The van der Waals surface area contributed by atoms with Crippen LogP contribution in [0.15, 0.2) is 63.1 Å². The van der Waals surface area contributed by atoms with E-state index in [1.807, 2.05) is 24.5 Å². The molecule has 1 aromatic carbocycles. The molecule has 7 nitrogen and oxygen atoms in total. The van der Waals surface area contributed by atoms with Crippen molar-refractivity contribution in [1.82, 2.24) is 19.5 Å². The fourth-order valence-electron chi connectivity index (χ4n) is 2.90. The summed E-state index contributed by atoms with van der Waals surface area (Å²) >= 11 is 5.09. The molecular formula is C20H24BrN5O2S2. The number of thioether (sulfide) groups is 1. The van der Waals surface area contributed by atoms with Crippen LogP contribution in [0.25, 0.3) is 0 Å². The Labute approximate surface area is 189 Å². The molecule has 0 bridgehead atoms. The highest BCUT2D eigenvalue weighted by molar-refractivity contribution is 9.10. The number of aromatic nitrogens is 3. The maximum absolute atomic E-state index is 12.6. The third-order valence-corrected chi connectivity index (χ3v) is 7.55. The molecule has 0 unspecified atom stereocenters. The molecule has 3 rings (SSSR count). The smallest absolute Gasteiger partial charge is 0.242 e. The highest BCUT2D eigenvalue weighted by Crippen LogP contribution is 2.20. The monoisotopic (exact) mass is 509 g/mol. The number of halogens is 1. The lowest BCUT2D eigenvalue weighted by Crippen LogP contribution is -2.25. The van der Waals surface area contributed by atoms with Crippen molar-refractivity contribution < 1.29 is 8.42 Å². The maximum atomic E-state index is 12.6. The molecule has 2 aromatic heterocycles. The lowest BCUT2D eigenvalue weighted by atomic mass is 10.1. The molecular weight excluding hydrogens is 486 g/mol. The Morgan fingerprint density at radius 1 is 1.17 bits per heavy atom. The number of nitrogens with zero attached hydrogens (tertiary/aromatic N) is 3. The highest BCUT2D eigenvalue weighted by atomic mass is 79.9. The predicted molar refractivity (Wildman–Crippen MR) is 124 cm³/mol. The lowest BCUT2D eigenvalue weighted by Gasteiger charge is -2.10. The van der Waals surface area contributed by atoms with E-state index in [0.717, 1.165) is 34.4 Å². The summed E-state index contributed by atoms with van der Waals surface area (Å²) < 4.78 is 30.6. The van der Waals surface area contributed by atoms with Gasteiger partial charge < -0.3 is 5.32 Å². The minimum atomic E-state index is -3.66. The number of sulfonamides is 1. The third kappa shape index (κ3) is 5.84. The van der Waals surface area contributed by atoms with Crippen molar-refractivity contribution in [2.24, 2.45) is 7.05 Å². The van der Waals surface area contributed by atoms with Crippen LogP contribution in [0.5, 0.6) is 0 Å². The van der Waals surface area contributed by atoms with Crippen LogP contribution in [0.2, 0.25) is 0 Å². The van der Waals surface area contributed by atoms with E-state index in [0.29, 0.717) is 5.82 Å². The number of hydrogen-bond donors (Lipinski definition) is 2. The average molecular weight is 510 g/mol. The zero-order valence-electron chi connectivity index (χ0n) is 16.8. The van der Waals surface area contributed by atoms with Gasteiger partial charge >= 0.3 is 0 Å². The molecule has 0 fully saturated rings. The van der Waals surface area contributed by atoms with E-state index in [4.69, 9.17) is 0 Å². The van der Waals surface area contributed by atoms with Gasteiger partial charge in [-0.15, -0.1) is 11.8 Å². The zero-order valence-corrected chi connectivity index (χ0v) is 20.0. The Morgan fingerprint density at radius 2 is 1.97 bits per heavy atom. The number of aryl methyl sites for hydroxylation is 2. The molecule has 0 aliphatic rings. The van der Waals surface area contributed by atoms with Crippen LogP contribution in [0.3, 0.4) is 0 Å². The second kappa shape index (κ2) is 10.4. The summed E-state index contributed by atoms with van der Waals surface area (Å²) in [6.45, 7) is 0.917. The van der Waals surface area contributed by atoms with Crippen molar-refractivity contribution in [2.45, 2.75) is 29.2 Å². The zero-order chi connectivity index (χ0) is 21.6. The molecule has 3 aromatic rings. The molecule has 0 amide bonds. The van der Waals surface area contributed by atoms with Crippen LogP contribution >= 0.6 is 27.7 Å². The SMILES string of the molecule is CSc1cnn(C)c1CNS(=O)(=O)c1ccc(NCCCc2ccccc2Br)nc1. The van der Waals surface area contributed by atoms with Crippen molar-refractivity contribution in [2.75, 3.05) is 18.1 Å². The van der Waals surface area contributed by atoms with Crippen LogP contribution < -0.4 is 10.0 Å². The topological polar surface area (TPSA) is 88.9 Å². The molecule has 10 heteroatoms. The van der Waals surface area contributed by atoms with Crippen LogP contribution in [-0.2, 0) is 30.0 Å². The quantitative estimate of drug-likeness (QED) is 0.319. The fraction of sp³-hybridized carbons (Fsp3) is 0.300. The van der Waals surface area contributed by atoms with E-state index >= 15 is 0 Å². The van der Waals surface area contributed by atoms with E-state index in [1.165, 1.54) is 23.5 Å². The first-order valence-electron chi connectivity index (χ1n) is 9.38. The third-order valence-electron chi connectivity index (χ3n) is 4.61. The Kier molecular flexibility index (Phi) is 7.93. The van der Waals surface area contributed by atoms with Gasteiger partial charge in [0, 0.05) is 29.2 Å². The van der Waals surface area contributed by atoms with E-state index in [1.54, 1.807) is 30.1 Å². The number of rotatable bonds is 10. The normalized spacial score (nSPS) is 11.6. The van der Waals surface area contributed by atoms with Crippen LogP contribution in [0, 0.1) is 0 Å². The summed E-state index contributed by atoms with van der Waals surface area (Å²) in [5, 5.41) is 7.40. The van der Waals surface area contributed by atoms with Gasteiger partial charge in [0.15, 0.2) is 0 Å². The Morgan fingerprint density at radius 3 is 2.67 bits per heavy atom. The molecule has 0 spiro atoms. The molecule has 0 aliphatic heterocycles. The molecule has 2 N–H and O–H groups in total. The molecule has 0 saturated heterocycles. The number of nitrogens with one attached hydrogen (secondary N) is 2. The first-order chi connectivity index (χ1) is 14.4. The van der Waals surface area contributed by atoms with E-state index in [2.05, 4.69) is 42.1 Å². The molecule has 0 radical (unpaired) electrons. The number of benzene rings is 1. The Hall–Kier alpha value is -1.88. The van der Waals surface area contributed by atoms with Crippen molar-refractivity contribution in [3.05, 3.63) is 64.5 Å². The molecule has 0 atom stereocenters. The number of pyridine rings is 1. The van der Waals surface area contributed by atoms with Crippen molar-refractivity contribution in [3.8, 4) is 0 Å². The minimum absolute atomic E-state index is 0.133. The van der Waals surface area contributed by atoms with Crippen LogP contribution in [0.1, 0.15) is 17.7 Å². The first-order valence-corrected chi connectivity index (χ1v) is 12.9. The van der Waals surface area contributed by atoms with Gasteiger partial charge in [0.2, 0.25) is 10.0 Å². The molecule has 0 aliphatic carbocycles. The first kappa shape index (κ1) is 22.8. The molecule has 2 heterocycles. The summed E-state index contributed by atoms with van der Waals surface area (Å²) in [5.41, 5.74) is 2.08. The maximum Gasteiger partial charge on any atom is 0.242 e. The van der Waals surface area contributed by atoms with Crippen LogP contribution in [-0.4, -0.2) is 36.0 Å². The van der Waals surface area contributed by atoms with Crippen molar-refractivity contribution in [3.63, 3.8) is 0 Å². The van der Waals surface area contributed by atoms with Crippen molar-refractivity contribution >= 4 is 43.5 Å². The minimum Gasteiger partial charge on any atom is -0.370 e. The van der Waals surface area contributed by atoms with E-state index in [-0.39, 0.29) is 11.4 Å². The second-order valence-electron chi connectivity index (χ2n) is 6.61. The highest BCUT2D eigenvalue weighted by Gasteiger charge is 2.17. The summed E-state index contributed by atoms with van der Waals surface area (Å²) in [7, 11) is -1.86. The summed E-state index contributed by atoms with van der Waals surface area (Å²) in [4.78, 5) is 5.32. The number of hydrogen-bond acceptors (Lipinski definition) is 6. The van der Waals surface area contributed by atoms with Gasteiger partial charge in [0.25, 0.3) is 0 Å². The van der Waals surface area contributed by atoms with Gasteiger partial charge in [0.1, 0.15) is 10.7 Å². The predicted octanol–water partition coefficient (Wildman–Crippen LogP) is 3.82. The molecule has 30 heavy (non-hydrogen) atoms. The molecule has 0 saturated carbocycles. The van der Waals surface area contributed by atoms with Gasteiger partial charge in [-0.25, -0.2) is 18.1 Å². The Bertz CT molecular complexity index is 1080. The Balaban J connectivity index is 1.52.